The molecule has 0 spiro atoms. The van der Waals surface area contributed by atoms with Gasteiger partial charge in [-0.05, 0) is 17.6 Å². The molecule has 0 aliphatic carbocycles. The molecule has 0 heterocycles. The van der Waals surface area contributed by atoms with Crippen molar-refractivity contribution >= 4 is 17.3 Å². The van der Waals surface area contributed by atoms with Gasteiger partial charge < -0.3 is 4.74 Å². The lowest BCUT2D eigenvalue weighted by Crippen LogP contribution is -2.15. The predicted octanol–water partition coefficient (Wildman–Crippen LogP) is 2.40. The van der Waals surface area contributed by atoms with Crippen LogP contribution in [0.15, 0.2) is 0 Å². The van der Waals surface area contributed by atoms with E-state index < -0.39 is 0 Å². The van der Waals surface area contributed by atoms with E-state index >= 15 is 0 Å². The molecule has 54 valence electrons. The number of ether oxygens (including phenoxy) is 1. The Morgan fingerprint density at radius 3 is 2.00 bits per heavy atom. The van der Waals surface area contributed by atoms with Crippen LogP contribution in [0.1, 0.15) is 27.7 Å². The van der Waals surface area contributed by atoms with Gasteiger partial charge in [0.1, 0.15) is 0 Å². The van der Waals surface area contributed by atoms with Gasteiger partial charge in [0.05, 0.1) is 6.61 Å². The van der Waals surface area contributed by atoms with Crippen molar-refractivity contribution in [3.8, 4) is 0 Å². The quantitative estimate of drug-likeness (QED) is 0.525. The van der Waals surface area contributed by atoms with Crippen molar-refractivity contribution in [2.24, 2.45) is 5.41 Å². The van der Waals surface area contributed by atoms with Crippen molar-refractivity contribution in [2.45, 2.75) is 27.7 Å². The second kappa shape index (κ2) is 3.16. The molecule has 0 radical (unpaired) electrons. The molecule has 0 aliphatic heterocycles. The first-order chi connectivity index (χ1) is 3.92. The molecule has 0 atom stereocenters. The third-order valence-electron chi connectivity index (χ3n) is 0.708. The Hall–Kier alpha value is -0.110. The Labute approximate surface area is 62.4 Å². The smallest absolute Gasteiger partial charge is 0.156 e. The molecule has 0 saturated carbocycles. The summed E-state index contributed by atoms with van der Waals surface area (Å²) in [5, 5.41) is 0.630. The van der Waals surface area contributed by atoms with Crippen molar-refractivity contribution in [1.29, 1.82) is 0 Å². The Morgan fingerprint density at radius 2 is 1.89 bits per heavy atom. The minimum atomic E-state index is 0.222. The molecule has 0 saturated heterocycles. The van der Waals surface area contributed by atoms with Crippen LogP contribution in [0.25, 0.3) is 0 Å². The van der Waals surface area contributed by atoms with Gasteiger partial charge in [0, 0.05) is 6.92 Å². The van der Waals surface area contributed by atoms with Crippen LogP contribution in [0, 0.1) is 5.41 Å². The van der Waals surface area contributed by atoms with Gasteiger partial charge in [-0.3, -0.25) is 0 Å². The van der Waals surface area contributed by atoms with E-state index in [1.807, 2.05) is 0 Å². The highest BCUT2D eigenvalue weighted by molar-refractivity contribution is 7.80. The highest BCUT2D eigenvalue weighted by Gasteiger charge is 2.10. The minimum Gasteiger partial charge on any atom is -0.487 e. The highest BCUT2D eigenvalue weighted by Crippen LogP contribution is 2.12. The summed E-state index contributed by atoms with van der Waals surface area (Å²) in [5.74, 6) is 0. The average molecular weight is 146 g/mol. The molecular weight excluding hydrogens is 132 g/mol. The molecule has 0 unspecified atom stereocenters. The van der Waals surface area contributed by atoms with Crippen LogP contribution in [-0.2, 0) is 4.74 Å². The van der Waals surface area contributed by atoms with Gasteiger partial charge in [0.25, 0.3) is 0 Å². The summed E-state index contributed by atoms with van der Waals surface area (Å²) in [6.07, 6.45) is 0. The summed E-state index contributed by atoms with van der Waals surface area (Å²) < 4.78 is 5.14. The van der Waals surface area contributed by atoms with Crippen molar-refractivity contribution in [2.75, 3.05) is 6.61 Å². The lowest BCUT2D eigenvalue weighted by molar-refractivity contribution is 0.190. The maximum atomic E-state index is 5.14. The van der Waals surface area contributed by atoms with Crippen molar-refractivity contribution < 1.29 is 4.74 Å². The number of rotatable bonds is 1. The third-order valence-corrected chi connectivity index (χ3v) is 0.826. The van der Waals surface area contributed by atoms with E-state index in [-0.39, 0.29) is 5.41 Å². The lowest BCUT2D eigenvalue weighted by Gasteiger charge is -2.17. The second-order valence-corrected chi connectivity index (χ2v) is 3.92. The molecule has 0 fully saturated rings. The van der Waals surface area contributed by atoms with E-state index in [1.54, 1.807) is 6.92 Å². The van der Waals surface area contributed by atoms with Gasteiger partial charge in [-0.15, -0.1) is 0 Å². The maximum absolute atomic E-state index is 5.14. The van der Waals surface area contributed by atoms with Crippen LogP contribution in [0.5, 0.6) is 0 Å². The van der Waals surface area contributed by atoms with Gasteiger partial charge in [0.2, 0.25) is 0 Å². The zero-order valence-corrected chi connectivity index (χ0v) is 7.34. The number of hydrogen-bond acceptors (Lipinski definition) is 2. The first kappa shape index (κ1) is 8.89. The Kier molecular flexibility index (Phi) is 3.12. The molecule has 0 aromatic carbocycles. The molecule has 0 aromatic rings. The average Bonchev–Trinajstić information content (AvgIpc) is 1.59. The first-order valence-electron chi connectivity index (χ1n) is 3.05. The molecule has 1 nitrogen and oxygen atoms in total. The van der Waals surface area contributed by atoms with Crippen LogP contribution in [0.3, 0.4) is 0 Å². The first-order valence-corrected chi connectivity index (χ1v) is 3.46. The van der Waals surface area contributed by atoms with Gasteiger partial charge in [-0.1, -0.05) is 20.8 Å². The molecule has 9 heavy (non-hydrogen) atoms. The molecule has 0 aromatic heterocycles. The van der Waals surface area contributed by atoms with Gasteiger partial charge in [-0.25, -0.2) is 0 Å². The molecule has 0 N–H and O–H groups in total. The summed E-state index contributed by atoms with van der Waals surface area (Å²) in [6, 6.07) is 0. The third kappa shape index (κ3) is 7.89. The highest BCUT2D eigenvalue weighted by atomic mass is 32.1. The van der Waals surface area contributed by atoms with Crippen LogP contribution >= 0.6 is 12.2 Å². The molecule has 0 bridgehead atoms. The number of thiocarbonyl (C=S) groups is 1. The lowest BCUT2D eigenvalue weighted by atomic mass is 9.99. The van der Waals surface area contributed by atoms with Crippen LogP contribution < -0.4 is 0 Å². The van der Waals surface area contributed by atoms with E-state index in [0.717, 1.165) is 0 Å². The molecule has 0 rings (SSSR count). The SMILES string of the molecule is CC(=S)OCC(C)(C)C. The normalized spacial score (nSPS) is 11.1. The van der Waals surface area contributed by atoms with Crippen LogP contribution in [0.2, 0.25) is 0 Å². The zero-order valence-electron chi connectivity index (χ0n) is 6.52. The topological polar surface area (TPSA) is 9.23 Å². The Bertz CT molecular complexity index is 102. The summed E-state index contributed by atoms with van der Waals surface area (Å²) in [7, 11) is 0. The van der Waals surface area contributed by atoms with E-state index in [1.165, 1.54) is 0 Å². The fourth-order valence-corrected chi connectivity index (χ4v) is 0.377. The summed E-state index contributed by atoms with van der Waals surface area (Å²) in [6.45, 7) is 8.85. The zero-order chi connectivity index (χ0) is 7.49. The van der Waals surface area contributed by atoms with E-state index in [9.17, 15) is 0 Å². The van der Waals surface area contributed by atoms with Crippen molar-refractivity contribution in [1.82, 2.24) is 0 Å². The molecule has 2 heteroatoms. The summed E-state index contributed by atoms with van der Waals surface area (Å²) in [5.41, 5.74) is 0.222. The maximum Gasteiger partial charge on any atom is 0.156 e. The Balaban J connectivity index is 3.39. The second-order valence-electron chi connectivity index (χ2n) is 3.34. The number of hydrogen-bond donors (Lipinski definition) is 0. The van der Waals surface area contributed by atoms with Crippen LogP contribution in [-0.4, -0.2) is 11.7 Å². The fourth-order valence-electron chi connectivity index (χ4n) is 0.318. The molecule has 0 amide bonds. The summed E-state index contributed by atoms with van der Waals surface area (Å²) in [4.78, 5) is 0. The van der Waals surface area contributed by atoms with Crippen LogP contribution in [0.4, 0.5) is 0 Å². The fraction of sp³-hybridized carbons (Fsp3) is 0.857. The van der Waals surface area contributed by atoms with E-state index in [4.69, 9.17) is 17.0 Å². The van der Waals surface area contributed by atoms with Crippen molar-refractivity contribution in [3.63, 3.8) is 0 Å². The summed E-state index contributed by atoms with van der Waals surface area (Å²) >= 11 is 4.74. The van der Waals surface area contributed by atoms with Crippen molar-refractivity contribution in [3.05, 3.63) is 0 Å². The standard InChI is InChI=1S/C7H14OS/c1-6(9)8-5-7(2,3)4/h5H2,1-4H3. The largest absolute Gasteiger partial charge is 0.487 e. The van der Waals surface area contributed by atoms with E-state index in [2.05, 4.69) is 20.8 Å². The van der Waals surface area contributed by atoms with Gasteiger partial charge >= 0.3 is 0 Å². The monoisotopic (exact) mass is 146 g/mol. The molecule has 0 aliphatic rings. The van der Waals surface area contributed by atoms with Gasteiger partial charge in [0.15, 0.2) is 5.05 Å². The Morgan fingerprint density at radius 1 is 1.44 bits per heavy atom. The predicted molar refractivity (Wildman–Crippen MR) is 43.7 cm³/mol. The van der Waals surface area contributed by atoms with Gasteiger partial charge in [-0.2, -0.15) is 0 Å². The van der Waals surface area contributed by atoms with E-state index in [0.29, 0.717) is 11.7 Å². The minimum absolute atomic E-state index is 0.222. The molecular formula is C7H14OS.